The molecule has 0 unspecified atom stereocenters. The van der Waals surface area contributed by atoms with E-state index in [1.807, 2.05) is 42.5 Å². The summed E-state index contributed by atoms with van der Waals surface area (Å²) in [6, 6.07) is 18.2. The van der Waals surface area contributed by atoms with Crippen LogP contribution in [-0.4, -0.2) is 11.0 Å². The fourth-order valence-electron chi connectivity index (χ4n) is 2.25. The molecule has 1 N–H and O–H groups in total. The van der Waals surface area contributed by atoms with E-state index in [9.17, 15) is 9.59 Å². The zero-order valence-corrected chi connectivity index (χ0v) is 10.6. The van der Waals surface area contributed by atoms with E-state index in [1.54, 1.807) is 16.7 Å². The molecule has 0 atom stereocenters. The van der Waals surface area contributed by atoms with E-state index in [-0.39, 0.29) is 5.56 Å². The molecule has 0 aliphatic rings. The lowest BCUT2D eigenvalue weighted by molar-refractivity contribution is -0.105. The van der Waals surface area contributed by atoms with Gasteiger partial charge in [-0.25, -0.2) is 0 Å². The lowest BCUT2D eigenvalue weighted by Gasteiger charge is -2.10. The fourth-order valence-corrected chi connectivity index (χ4v) is 2.25. The largest absolute Gasteiger partial charge is 0.329 e. The molecule has 3 rings (SSSR count). The second-order valence-corrected chi connectivity index (χ2v) is 4.38. The first-order chi connectivity index (χ1) is 9.79. The summed E-state index contributed by atoms with van der Waals surface area (Å²) in [6.07, 6.45) is 0.633. The molecule has 4 nitrogen and oxygen atoms in total. The highest BCUT2D eigenvalue weighted by Crippen LogP contribution is 2.20. The third-order valence-corrected chi connectivity index (χ3v) is 3.13. The van der Waals surface area contributed by atoms with E-state index < -0.39 is 0 Å². The summed E-state index contributed by atoms with van der Waals surface area (Å²) >= 11 is 0. The number of pyridine rings is 1. The average Bonchev–Trinajstić information content (AvgIpc) is 2.48. The van der Waals surface area contributed by atoms with Gasteiger partial charge in [-0.2, -0.15) is 0 Å². The smallest absolute Gasteiger partial charge is 0.255 e. The van der Waals surface area contributed by atoms with Gasteiger partial charge in [0.2, 0.25) is 6.41 Å². The Labute approximate surface area is 115 Å². The lowest BCUT2D eigenvalue weighted by Crippen LogP contribution is -2.17. The molecule has 0 saturated carbocycles. The summed E-state index contributed by atoms with van der Waals surface area (Å²) in [7, 11) is 0. The van der Waals surface area contributed by atoms with E-state index >= 15 is 0 Å². The number of para-hydroxylation sites is 1. The van der Waals surface area contributed by atoms with Gasteiger partial charge in [0.1, 0.15) is 0 Å². The minimum absolute atomic E-state index is 0.0835. The molecule has 0 spiro atoms. The molecule has 1 amide bonds. The van der Waals surface area contributed by atoms with Crippen molar-refractivity contribution in [3.8, 4) is 5.69 Å². The van der Waals surface area contributed by atoms with Crippen molar-refractivity contribution in [3.63, 3.8) is 0 Å². The number of carbonyl (C=O) groups is 1. The summed E-state index contributed by atoms with van der Waals surface area (Å²) < 4.78 is 1.65. The van der Waals surface area contributed by atoms with E-state index in [0.29, 0.717) is 12.1 Å². The number of hydrogen-bond donors (Lipinski definition) is 1. The van der Waals surface area contributed by atoms with Crippen molar-refractivity contribution in [1.29, 1.82) is 0 Å². The van der Waals surface area contributed by atoms with Gasteiger partial charge in [-0.1, -0.05) is 18.2 Å². The van der Waals surface area contributed by atoms with Crippen LogP contribution in [0.4, 0.5) is 5.69 Å². The summed E-state index contributed by atoms with van der Waals surface area (Å²) in [5.41, 5.74) is 2.24. The van der Waals surface area contributed by atoms with Crippen molar-refractivity contribution in [1.82, 2.24) is 4.57 Å². The number of rotatable bonds is 3. The number of hydrogen-bond acceptors (Lipinski definition) is 2. The number of nitrogens with zero attached hydrogens (tertiary/aromatic N) is 1. The van der Waals surface area contributed by atoms with Gasteiger partial charge in [0.15, 0.2) is 0 Å². The van der Waals surface area contributed by atoms with Gasteiger partial charge < -0.3 is 5.32 Å². The van der Waals surface area contributed by atoms with Crippen LogP contribution in [0.3, 0.4) is 0 Å². The van der Waals surface area contributed by atoms with Crippen molar-refractivity contribution >= 4 is 23.0 Å². The minimum atomic E-state index is -0.0835. The second kappa shape index (κ2) is 5.01. The molecule has 0 aliphatic carbocycles. The van der Waals surface area contributed by atoms with Crippen molar-refractivity contribution in [2.24, 2.45) is 0 Å². The number of aromatic nitrogens is 1. The van der Waals surface area contributed by atoms with E-state index in [4.69, 9.17) is 0 Å². The predicted octanol–water partition coefficient (Wildman–Crippen LogP) is 2.56. The lowest BCUT2D eigenvalue weighted by atomic mass is 10.1. The predicted molar refractivity (Wildman–Crippen MR) is 79.2 cm³/mol. The van der Waals surface area contributed by atoms with Gasteiger partial charge in [-0.15, -0.1) is 0 Å². The van der Waals surface area contributed by atoms with Crippen LogP contribution in [0.15, 0.2) is 65.5 Å². The van der Waals surface area contributed by atoms with E-state index in [2.05, 4.69) is 5.32 Å². The normalized spacial score (nSPS) is 10.4. The van der Waals surface area contributed by atoms with Crippen molar-refractivity contribution < 1.29 is 4.79 Å². The Kier molecular flexibility index (Phi) is 3.05. The molecule has 0 fully saturated rings. The van der Waals surface area contributed by atoms with Crippen molar-refractivity contribution in [2.45, 2.75) is 0 Å². The van der Waals surface area contributed by atoms with Crippen LogP contribution in [0.25, 0.3) is 16.6 Å². The zero-order valence-electron chi connectivity index (χ0n) is 10.6. The highest BCUT2D eigenvalue weighted by Gasteiger charge is 2.05. The molecule has 0 radical (unpaired) electrons. The quantitative estimate of drug-likeness (QED) is 0.739. The number of carbonyl (C=O) groups excluding carboxylic acids is 1. The number of fused-ring (bicyclic) bond motifs is 1. The number of amides is 1. The third kappa shape index (κ3) is 2.07. The molecule has 0 bridgehead atoms. The molecule has 0 aliphatic heterocycles. The molecule has 0 saturated heterocycles. The molecule has 4 heteroatoms. The van der Waals surface area contributed by atoms with Crippen LogP contribution in [-0.2, 0) is 4.79 Å². The van der Waals surface area contributed by atoms with Gasteiger partial charge >= 0.3 is 0 Å². The van der Waals surface area contributed by atoms with Crippen LogP contribution < -0.4 is 10.9 Å². The van der Waals surface area contributed by atoms with Crippen LogP contribution in [0, 0.1) is 0 Å². The summed E-state index contributed by atoms with van der Waals surface area (Å²) in [6.45, 7) is 0. The monoisotopic (exact) mass is 264 g/mol. The average molecular weight is 264 g/mol. The van der Waals surface area contributed by atoms with Gasteiger partial charge in [0.25, 0.3) is 5.56 Å². The van der Waals surface area contributed by atoms with Crippen molar-refractivity contribution in [3.05, 3.63) is 71.0 Å². The Balaban J connectivity index is 2.28. The van der Waals surface area contributed by atoms with Crippen LogP contribution in [0.5, 0.6) is 0 Å². The molecule has 3 aromatic rings. The Morgan fingerprint density at radius 3 is 2.50 bits per heavy atom. The Morgan fingerprint density at radius 2 is 1.75 bits per heavy atom. The second-order valence-electron chi connectivity index (χ2n) is 4.38. The maximum atomic E-state index is 12.1. The van der Waals surface area contributed by atoms with E-state index in [1.165, 1.54) is 6.07 Å². The fraction of sp³-hybridized carbons (Fsp3) is 0. The third-order valence-electron chi connectivity index (χ3n) is 3.13. The van der Waals surface area contributed by atoms with Crippen LogP contribution >= 0.6 is 0 Å². The molecule has 20 heavy (non-hydrogen) atoms. The Morgan fingerprint density at radius 1 is 0.950 bits per heavy atom. The standard InChI is InChI=1S/C16H12N2O2/c19-11-17-13-7-8-15-12(10-13)6-9-16(20)18(15)14-4-2-1-3-5-14/h1-11H,(H,17,19). The van der Waals surface area contributed by atoms with Gasteiger partial charge in [0, 0.05) is 22.8 Å². The first-order valence-corrected chi connectivity index (χ1v) is 6.21. The summed E-state index contributed by atoms with van der Waals surface area (Å²) in [5.74, 6) is 0. The summed E-state index contributed by atoms with van der Waals surface area (Å²) in [4.78, 5) is 22.6. The molecular formula is C16H12N2O2. The van der Waals surface area contributed by atoms with Crippen LogP contribution in [0.1, 0.15) is 0 Å². The highest BCUT2D eigenvalue weighted by molar-refractivity contribution is 5.86. The Hall–Kier alpha value is -2.88. The van der Waals surface area contributed by atoms with Gasteiger partial charge in [0.05, 0.1) is 5.52 Å². The topological polar surface area (TPSA) is 51.1 Å². The van der Waals surface area contributed by atoms with Gasteiger partial charge in [-0.05, 0) is 36.4 Å². The SMILES string of the molecule is O=CNc1ccc2c(ccc(=O)n2-c2ccccc2)c1. The molecule has 98 valence electrons. The Bertz CT molecular complexity index is 823. The van der Waals surface area contributed by atoms with Crippen LogP contribution in [0.2, 0.25) is 0 Å². The first-order valence-electron chi connectivity index (χ1n) is 6.21. The van der Waals surface area contributed by atoms with Gasteiger partial charge in [-0.3, -0.25) is 14.2 Å². The van der Waals surface area contributed by atoms with Crippen molar-refractivity contribution in [2.75, 3.05) is 5.32 Å². The first kappa shape index (κ1) is 12.2. The maximum Gasteiger partial charge on any atom is 0.255 e. The maximum absolute atomic E-state index is 12.1. The number of benzene rings is 2. The molecule has 1 aromatic heterocycles. The number of anilines is 1. The molecule has 2 aromatic carbocycles. The minimum Gasteiger partial charge on any atom is -0.329 e. The molecular weight excluding hydrogens is 252 g/mol. The number of nitrogens with one attached hydrogen (secondary N) is 1. The summed E-state index contributed by atoms with van der Waals surface area (Å²) in [5, 5.41) is 3.49. The van der Waals surface area contributed by atoms with E-state index in [0.717, 1.165) is 16.6 Å². The highest BCUT2D eigenvalue weighted by atomic mass is 16.1. The molecule has 1 heterocycles. The zero-order chi connectivity index (χ0) is 13.9.